The van der Waals surface area contributed by atoms with Crippen molar-refractivity contribution in [3.05, 3.63) is 29.8 Å². The summed E-state index contributed by atoms with van der Waals surface area (Å²) >= 11 is 0. The van der Waals surface area contributed by atoms with Crippen LogP contribution in [0.1, 0.15) is 51.0 Å². The lowest BCUT2D eigenvalue weighted by Gasteiger charge is -2.13. The Morgan fingerprint density at radius 3 is 2.24 bits per heavy atom. The monoisotopic (exact) mass is 406 g/mol. The number of hydrogen-bond donors (Lipinski definition) is 2. The molecule has 166 valence electrons. The maximum absolute atomic E-state index is 5.41. The molecular formula is C23H42N4O2. The number of hydrogen-bond acceptors (Lipinski definition) is 4. The molecule has 0 saturated carbocycles. The van der Waals surface area contributed by atoms with E-state index in [1.807, 2.05) is 19.1 Å². The molecule has 0 aliphatic heterocycles. The van der Waals surface area contributed by atoms with Crippen LogP contribution in [0, 0.1) is 0 Å². The molecule has 0 fully saturated rings. The summed E-state index contributed by atoms with van der Waals surface area (Å²) in [7, 11) is 5.96. The summed E-state index contributed by atoms with van der Waals surface area (Å²) < 4.78 is 10.6. The van der Waals surface area contributed by atoms with Gasteiger partial charge in [-0.3, -0.25) is 0 Å². The Balaban J connectivity index is 2.35. The van der Waals surface area contributed by atoms with Crippen LogP contribution in [0.15, 0.2) is 29.3 Å². The second-order valence-corrected chi connectivity index (χ2v) is 7.49. The van der Waals surface area contributed by atoms with E-state index in [0.29, 0.717) is 6.54 Å². The van der Waals surface area contributed by atoms with Crippen LogP contribution in [0.4, 0.5) is 0 Å². The fraction of sp³-hybridized carbons (Fsp3) is 0.696. The number of unbranched alkanes of at least 4 members (excludes halogenated alkanes) is 4. The number of methoxy groups -OCH3 is 1. The molecule has 1 aromatic rings. The first kappa shape index (κ1) is 25.2. The van der Waals surface area contributed by atoms with Crippen molar-refractivity contribution in [3.8, 4) is 5.75 Å². The van der Waals surface area contributed by atoms with Gasteiger partial charge in [-0.05, 0) is 64.5 Å². The average molecular weight is 407 g/mol. The number of nitrogens with one attached hydrogen (secondary N) is 2. The Kier molecular flexibility index (Phi) is 14.9. The molecule has 0 aliphatic rings. The first-order valence-corrected chi connectivity index (χ1v) is 11.0. The highest BCUT2D eigenvalue weighted by molar-refractivity contribution is 5.79. The normalized spacial score (nSPS) is 11.7. The lowest BCUT2D eigenvalue weighted by molar-refractivity contribution is 0.145. The fourth-order valence-electron chi connectivity index (χ4n) is 2.89. The zero-order chi connectivity index (χ0) is 21.2. The summed E-state index contributed by atoms with van der Waals surface area (Å²) in [5.41, 5.74) is 1.17. The molecule has 0 atom stereocenters. The van der Waals surface area contributed by atoms with Crippen LogP contribution in [0.3, 0.4) is 0 Å². The first-order valence-electron chi connectivity index (χ1n) is 11.0. The highest BCUT2D eigenvalue weighted by Crippen LogP contribution is 2.11. The van der Waals surface area contributed by atoms with Gasteiger partial charge in [-0.25, -0.2) is 4.99 Å². The Morgan fingerprint density at radius 2 is 1.59 bits per heavy atom. The summed E-state index contributed by atoms with van der Waals surface area (Å²) in [6.07, 6.45) is 7.31. The van der Waals surface area contributed by atoms with E-state index in [2.05, 4.69) is 41.8 Å². The smallest absolute Gasteiger partial charge is 0.191 e. The number of benzene rings is 1. The van der Waals surface area contributed by atoms with Gasteiger partial charge < -0.3 is 25.0 Å². The quantitative estimate of drug-likeness (QED) is 0.249. The Bertz CT molecular complexity index is 532. The van der Waals surface area contributed by atoms with E-state index in [-0.39, 0.29) is 0 Å². The highest BCUT2D eigenvalue weighted by Gasteiger charge is 2.00. The molecule has 6 heteroatoms. The molecule has 0 aliphatic carbocycles. The molecule has 0 heterocycles. The van der Waals surface area contributed by atoms with Gasteiger partial charge in [0.25, 0.3) is 0 Å². The molecule has 0 saturated heterocycles. The zero-order valence-electron chi connectivity index (χ0n) is 19.0. The molecule has 1 rings (SSSR count). The van der Waals surface area contributed by atoms with E-state index < -0.39 is 0 Å². The predicted octanol–water partition coefficient (Wildman–Crippen LogP) is 3.67. The minimum atomic E-state index is 0.648. The molecule has 2 N–H and O–H groups in total. The number of nitrogens with zero attached hydrogens (tertiary/aromatic N) is 2. The van der Waals surface area contributed by atoms with Crippen LogP contribution in [-0.4, -0.2) is 64.9 Å². The summed E-state index contributed by atoms with van der Waals surface area (Å²) in [4.78, 5) is 7.00. The molecule has 0 spiro atoms. The molecule has 0 amide bonds. The highest BCUT2D eigenvalue weighted by atomic mass is 16.5. The Labute approximate surface area is 178 Å². The maximum Gasteiger partial charge on any atom is 0.191 e. The Morgan fingerprint density at radius 1 is 0.931 bits per heavy atom. The van der Waals surface area contributed by atoms with E-state index in [0.717, 1.165) is 44.4 Å². The van der Waals surface area contributed by atoms with E-state index in [9.17, 15) is 0 Å². The molecule has 0 radical (unpaired) electrons. The third kappa shape index (κ3) is 13.9. The standard InChI is InChI=1S/C23H42N4O2/c1-5-29-19-11-17-25-23(24-16-9-7-6-8-10-18-27(2)3)26-20-21-12-14-22(28-4)15-13-21/h12-15H,5-11,16-20H2,1-4H3,(H2,24,25,26). The second kappa shape index (κ2) is 17.1. The molecule has 0 bridgehead atoms. The van der Waals surface area contributed by atoms with Gasteiger partial charge >= 0.3 is 0 Å². The van der Waals surface area contributed by atoms with Crippen LogP contribution >= 0.6 is 0 Å². The first-order chi connectivity index (χ1) is 14.2. The zero-order valence-corrected chi connectivity index (χ0v) is 19.0. The number of guanidine groups is 1. The van der Waals surface area contributed by atoms with Crippen LogP contribution < -0.4 is 15.4 Å². The van der Waals surface area contributed by atoms with E-state index in [1.165, 1.54) is 44.2 Å². The summed E-state index contributed by atoms with van der Waals surface area (Å²) in [6.45, 7) is 7.22. The van der Waals surface area contributed by atoms with Crippen molar-refractivity contribution >= 4 is 5.96 Å². The average Bonchev–Trinajstić information content (AvgIpc) is 2.73. The van der Waals surface area contributed by atoms with E-state index in [1.54, 1.807) is 7.11 Å². The molecular weight excluding hydrogens is 364 g/mol. The molecule has 1 aromatic carbocycles. The summed E-state index contributed by atoms with van der Waals surface area (Å²) in [5, 5.41) is 6.90. The van der Waals surface area contributed by atoms with Crippen LogP contribution in [-0.2, 0) is 11.3 Å². The largest absolute Gasteiger partial charge is 0.497 e. The number of rotatable bonds is 16. The fourth-order valence-corrected chi connectivity index (χ4v) is 2.89. The van der Waals surface area contributed by atoms with Crippen molar-refractivity contribution in [1.29, 1.82) is 0 Å². The minimum Gasteiger partial charge on any atom is -0.497 e. The summed E-state index contributed by atoms with van der Waals surface area (Å²) in [5.74, 6) is 1.75. The second-order valence-electron chi connectivity index (χ2n) is 7.49. The van der Waals surface area contributed by atoms with Crippen LogP contribution in [0.5, 0.6) is 5.75 Å². The Hall–Kier alpha value is -1.79. The van der Waals surface area contributed by atoms with Crippen molar-refractivity contribution in [1.82, 2.24) is 15.5 Å². The third-order valence-electron chi connectivity index (χ3n) is 4.62. The van der Waals surface area contributed by atoms with Gasteiger partial charge in [-0.2, -0.15) is 0 Å². The SMILES string of the molecule is CCOCCCNC(=NCc1ccc(OC)cc1)NCCCCCCCN(C)C. The topological polar surface area (TPSA) is 58.1 Å². The van der Waals surface area contributed by atoms with Gasteiger partial charge in [0.1, 0.15) is 5.75 Å². The van der Waals surface area contributed by atoms with Gasteiger partial charge in [0.05, 0.1) is 13.7 Å². The number of aliphatic imine (C=N–C) groups is 1. The lowest BCUT2D eigenvalue weighted by atomic mass is 10.1. The van der Waals surface area contributed by atoms with Crippen molar-refractivity contribution in [2.45, 2.75) is 52.0 Å². The minimum absolute atomic E-state index is 0.648. The van der Waals surface area contributed by atoms with Gasteiger partial charge in [-0.15, -0.1) is 0 Å². The van der Waals surface area contributed by atoms with Crippen molar-refractivity contribution in [3.63, 3.8) is 0 Å². The van der Waals surface area contributed by atoms with Crippen LogP contribution in [0.25, 0.3) is 0 Å². The van der Waals surface area contributed by atoms with Gasteiger partial charge in [0.15, 0.2) is 5.96 Å². The molecule has 0 unspecified atom stereocenters. The molecule has 0 aromatic heterocycles. The number of ether oxygens (including phenoxy) is 2. The predicted molar refractivity (Wildman–Crippen MR) is 123 cm³/mol. The van der Waals surface area contributed by atoms with E-state index >= 15 is 0 Å². The lowest BCUT2D eigenvalue weighted by Crippen LogP contribution is -2.38. The maximum atomic E-state index is 5.41. The third-order valence-corrected chi connectivity index (χ3v) is 4.62. The molecule has 29 heavy (non-hydrogen) atoms. The van der Waals surface area contributed by atoms with Crippen LogP contribution in [0.2, 0.25) is 0 Å². The van der Waals surface area contributed by atoms with Crippen molar-refractivity contribution in [2.24, 2.45) is 4.99 Å². The summed E-state index contributed by atoms with van der Waals surface area (Å²) in [6, 6.07) is 8.07. The van der Waals surface area contributed by atoms with E-state index in [4.69, 9.17) is 14.5 Å². The van der Waals surface area contributed by atoms with Gasteiger partial charge in [0.2, 0.25) is 0 Å². The molecule has 6 nitrogen and oxygen atoms in total. The van der Waals surface area contributed by atoms with Gasteiger partial charge in [0, 0.05) is 26.3 Å². The van der Waals surface area contributed by atoms with Gasteiger partial charge in [-0.1, -0.05) is 31.4 Å². The van der Waals surface area contributed by atoms with Crippen molar-refractivity contribution < 1.29 is 9.47 Å². The van der Waals surface area contributed by atoms with Crippen molar-refractivity contribution in [2.75, 3.05) is 54.1 Å².